The van der Waals surface area contributed by atoms with Gasteiger partial charge in [0, 0.05) is 6.42 Å². The van der Waals surface area contributed by atoms with Crippen molar-refractivity contribution in [3.63, 3.8) is 0 Å². The standard InChI is InChI=1S/C17H16N2O2/c1-11-3-6-13(7-4-11)10-16-18-17(21-19-16)14-9-12(2)5-8-15(14)20/h3-9,20H,10H2,1-2H3. The molecular formula is C17H16N2O2. The van der Waals surface area contributed by atoms with Crippen LogP contribution in [0.2, 0.25) is 0 Å². The minimum atomic E-state index is 0.145. The molecule has 0 atom stereocenters. The number of aromatic hydroxyl groups is 1. The fraction of sp³-hybridized carbons (Fsp3) is 0.176. The Morgan fingerprint density at radius 1 is 1.00 bits per heavy atom. The van der Waals surface area contributed by atoms with Gasteiger partial charge in [0.15, 0.2) is 5.82 Å². The first kappa shape index (κ1) is 13.4. The number of phenols is 1. The SMILES string of the molecule is Cc1ccc(Cc2noc(-c3cc(C)ccc3O)n2)cc1. The topological polar surface area (TPSA) is 59.2 Å². The van der Waals surface area contributed by atoms with Gasteiger partial charge >= 0.3 is 0 Å². The fourth-order valence-electron chi connectivity index (χ4n) is 2.14. The highest BCUT2D eigenvalue weighted by Gasteiger charge is 2.13. The van der Waals surface area contributed by atoms with E-state index in [2.05, 4.69) is 41.3 Å². The molecule has 3 aromatic rings. The van der Waals surface area contributed by atoms with Gasteiger partial charge in [-0.15, -0.1) is 0 Å². The van der Waals surface area contributed by atoms with Crippen LogP contribution in [-0.2, 0) is 6.42 Å². The van der Waals surface area contributed by atoms with E-state index in [9.17, 15) is 5.11 Å². The highest BCUT2D eigenvalue weighted by atomic mass is 16.5. The van der Waals surface area contributed by atoms with Crippen molar-refractivity contribution in [1.29, 1.82) is 0 Å². The molecule has 0 fully saturated rings. The van der Waals surface area contributed by atoms with E-state index >= 15 is 0 Å². The molecule has 0 amide bonds. The van der Waals surface area contributed by atoms with Crippen LogP contribution in [0, 0.1) is 13.8 Å². The average Bonchev–Trinajstić information content (AvgIpc) is 2.92. The summed E-state index contributed by atoms with van der Waals surface area (Å²) in [6, 6.07) is 13.5. The summed E-state index contributed by atoms with van der Waals surface area (Å²) in [7, 11) is 0. The lowest BCUT2D eigenvalue weighted by atomic mass is 10.1. The number of aryl methyl sites for hydroxylation is 2. The first-order valence-electron chi connectivity index (χ1n) is 6.80. The molecule has 1 N–H and O–H groups in total. The molecule has 0 radical (unpaired) electrons. The molecule has 0 aliphatic heterocycles. The Bertz CT molecular complexity index is 761. The van der Waals surface area contributed by atoms with Crippen molar-refractivity contribution in [1.82, 2.24) is 10.1 Å². The zero-order valence-corrected chi connectivity index (χ0v) is 12.0. The molecule has 4 heteroatoms. The summed E-state index contributed by atoms with van der Waals surface area (Å²) in [4.78, 5) is 4.36. The Morgan fingerprint density at radius 3 is 2.48 bits per heavy atom. The molecule has 1 aromatic heterocycles. The van der Waals surface area contributed by atoms with Crippen molar-refractivity contribution in [2.24, 2.45) is 0 Å². The summed E-state index contributed by atoms with van der Waals surface area (Å²) >= 11 is 0. The minimum Gasteiger partial charge on any atom is -0.507 e. The maximum atomic E-state index is 9.89. The van der Waals surface area contributed by atoms with Crippen LogP contribution in [0.3, 0.4) is 0 Å². The second-order valence-electron chi connectivity index (χ2n) is 5.20. The third kappa shape index (κ3) is 2.94. The maximum absolute atomic E-state index is 9.89. The van der Waals surface area contributed by atoms with Crippen LogP contribution in [-0.4, -0.2) is 15.2 Å². The van der Waals surface area contributed by atoms with E-state index < -0.39 is 0 Å². The molecule has 0 aliphatic carbocycles. The number of hydrogen-bond acceptors (Lipinski definition) is 4. The second kappa shape index (κ2) is 5.40. The zero-order chi connectivity index (χ0) is 14.8. The van der Waals surface area contributed by atoms with Gasteiger partial charge in [0.2, 0.25) is 0 Å². The summed E-state index contributed by atoms with van der Waals surface area (Å²) in [6.45, 7) is 4.00. The first-order valence-corrected chi connectivity index (χ1v) is 6.80. The largest absolute Gasteiger partial charge is 0.507 e. The summed E-state index contributed by atoms with van der Waals surface area (Å²) in [5.74, 6) is 1.10. The monoisotopic (exact) mass is 280 g/mol. The van der Waals surface area contributed by atoms with Gasteiger partial charge in [0.1, 0.15) is 5.75 Å². The molecular weight excluding hydrogens is 264 g/mol. The van der Waals surface area contributed by atoms with E-state index in [1.165, 1.54) is 5.56 Å². The molecule has 3 rings (SSSR count). The number of nitrogens with zero attached hydrogens (tertiary/aromatic N) is 2. The van der Waals surface area contributed by atoms with Gasteiger partial charge in [-0.1, -0.05) is 46.6 Å². The van der Waals surface area contributed by atoms with Gasteiger partial charge in [0.25, 0.3) is 5.89 Å². The van der Waals surface area contributed by atoms with Gasteiger partial charge in [-0.25, -0.2) is 0 Å². The Kier molecular flexibility index (Phi) is 3.44. The van der Waals surface area contributed by atoms with Gasteiger partial charge in [-0.2, -0.15) is 4.98 Å². The molecule has 0 saturated carbocycles. The van der Waals surface area contributed by atoms with Crippen LogP contribution in [0.25, 0.3) is 11.5 Å². The van der Waals surface area contributed by atoms with Crippen molar-refractivity contribution < 1.29 is 9.63 Å². The second-order valence-corrected chi connectivity index (χ2v) is 5.20. The Labute approximate surface area is 123 Å². The number of phenolic OH excluding ortho intramolecular Hbond substituents is 1. The number of hydrogen-bond donors (Lipinski definition) is 1. The van der Waals surface area contributed by atoms with E-state index in [1.54, 1.807) is 6.07 Å². The third-order valence-corrected chi connectivity index (χ3v) is 3.33. The van der Waals surface area contributed by atoms with Crippen molar-refractivity contribution in [2.75, 3.05) is 0 Å². The minimum absolute atomic E-state index is 0.145. The molecule has 2 aromatic carbocycles. The molecule has 0 aliphatic rings. The van der Waals surface area contributed by atoms with Crippen LogP contribution in [0.15, 0.2) is 47.0 Å². The van der Waals surface area contributed by atoms with Crippen molar-refractivity contribution in [3.8, 4) is 17.2 Å². The van der Waals surface area contributed by atoms with Crippen LogP contribution in [0.1, 0.15) is 22.5 Å². The quantitative estimate of drug-likeness (QED) is 0.795. The highest BCUT2D eigenvalue weighted by Crippen LogP contribution is 2.28. The van der Waals surface area contributed by atoms with E-state index in [1.807, 2.05) is 19.1 Å². The molecule has 21 heavy (non-hydrogen) atoms. The molecule has 0 saturated heterocycles. The fourth-order valence-corrected chi connectivity index (χ4v) is 2.14. The van der Waals surface area contributed by atoms with Crippen molar-refractivity contribution >= 4 is 0 Å². The van der Waals surface area contributed by atoms with Gasteiger partial charge < -0.3 is 9.63 Å². The Morgan fingerprint density at radius 2 is 1.71 bits per heavy atom. The average molecular weight is 280 g/mol. The summed E-state index contributed by atoms with van der Waals surface area (Å²) in [5.41, 5.74) is 3.94. The predicted molar refractivity (Wildman–Crippen MR) is 80.1 cm³/mol. The van der Waals surface area contributed by atoms with Crippen LogP contribution < -0.4 is 0 Å². The zero-order valence-electron chi connectivity index (χ0n) is 12.0. The Balaban J connectivity index is 1.86. The van der Waals surface area contributed by atoms with E-state index in [0.717, 1.165) is 11.1 Å². The summed E-state index contributed by atoms with van der Waals surface area (Å²) in [6.07, 6.45) is 0.607. The number of aromatic nitrogens is 2. The summed E-state index contributed by atoms with van der Waals surface area (Å²) < 4.78 is 5.26. The number of rotatable bonds is 3. The molecule has 106 valence electrons. The molecule has 0 spiro atoms. The van der Waals surface area contributed by atoms with Crippen LogP contribution in [0.4, 0.5) is 0 Å². The van der Waals surface area contributed by atoms with Gasteiger partial charge in [-0.05, 0) is 31.5 Å². The van der Waals surface area contributed by atoms with Crippen LogP contribution in [0.5, 0.6) is 5.75 Å². The predicted octanol–water partition coefficient (Wildman–Crippen LogP) is 3.65. The lowest BCUT2D eigenvalue weighted by Gasteiger charge is -2.00. The Hall–Kier alpha value is -2.62. The highest BCUT2D eigenvalue weighted by molar-refractivity contribution is 5.63. The molecule has 0 unspecified atom stereocenters. The third-order valence-electron chi connectivity index (χ3n) is 3.33. The first-order chi connectivity index (χ1) is 10.1. The van der Waals surface area contributed by atoms with E-state index in [0.29, 0.717) is 23.7 Å². The molecule has 1 heterocycles. The lowest BCUT2D eigenvalue weighted by Crippen LogP contribution is -1.91. The van der Waals surface area contributed by atoms with Crippen molar-refractivity contribution in [3.05, 3.63) is 65.0 Å². The maximum Gasteiger partial charge on any atom is 0.261 e. The van der Waals surface area contributed by atoms with Crippen LogP contribution >= 0.6 is 0 Å². The van der Waals surface area contributed by atoms with Gasteiger partial charge in [-0.3, -0.25) is 0 Å². The normalized spacial score (nSPS) is 10.8. The van der Waals surface area contributed by atoms with Gasteiger partial charge in [0.05, 0.1) is 5.56 Å². The van der Waals surface area contributed by atoms with E-state index in [-0.39, 0.29) is 5.75 Å². The summed E-state index contributed by atoms with van der Waals surface area (Å²) in [5, 5.41) is 13.9. The van der Waals surface area contributed by atoms with Crippen molar-refractivity contribution in [2.45, 2.75) is 20.3 Å². The molecule has 4 nitrogen and oxygen atoms in total. The lowest BCUT2D eigenvalue weighted by molar-refractivity contribution is 0.418. The smallest absolute Gasteiger partial charge is 0.261 e. The molecule has 0 bridgehead atoms. The number of benzene rings is 2. The van der Waals surface area contributed by atoms with E-state index in [4.69, 9.17) is 4.52 Å².